The predicted molar refractivity (Wildman–Crippen MR) is 96.2 cm³/mol. The minimum absolute atomic E-state index is 0.0108. The van der Waals surface area contributed by atoms with Gasteiger partial charge in [0.2, 0.25) is 5.91 Å². The fourth-order valence-electron chi connectivity index (χ4n) is 2.59. The molecule has 0 spiro atoms. The number of nitrogen functional groups attached to an aromatic ring is 1. The van der Waals surface area contributed by atoms with E-state index in [0.29, 0.717) is 6.54 Å². The summed E-state index contributed by atoms with van der Waals surface area (Å²) in [6, 6.07) is 15.6. The van der Waals surface area contributed by atoms with Gasteiger partial charge in [-0.15, -0.1) is 0 Å². The highest BCUT2D eigenvalue weighted by Crippen LogP contribution is 2.14. The number of rotatable bonds is 7. The molecule has 3 N–H and O–H groups in total. The van der Waals surface area contributed by atoms with E-state index in [0.717, 1.165) is 42.0 Å². The molecule has 0 fully saturated rings. The van der Waals surface area contributed by atoms with Gasteiger partial charge in [0.1, 0.15) is 0 Å². The topological polar surface area (TPSA) is 58.4 Å². The number of carbonyl (C=O) groups is 1. The molecular formula is C19H25N3O. The van der Waals surface area contributed by atoms with Crippen LogP contribution < -0.4 is 11.1 Å². The first-order chi connectivity index (χ1) is 11.1. The van der Waals surface area contributed by atoms with Crippen molar-refractivity contribution in [3.05, 3.63) is 59.7 Å². The molecule has 0 bridgehead atoms. The summed E-state index contributed by atoms with van der Waals surface area (Å²) in [5.41, 5.74) is 9.65. The van der Waals surface area contributed by atoms with E-state index in [1.54, 1.807) is 0 Å². The maximum Gasteiger partial charge on any atom is 0.238 e. The molecule has 0 aliphatic heterocycles. The van der Waals surface area contributed by atoms with Crippen molar-refractivity contribution in [3.8, 4) is 0 Å². The third-order valence-electron chi connectivity index (χ3n) is 3.68. The van der Waals surface area contributed by atoms with Crippen LogP contribution in [0.15, 0.2) is 48.5 Å². The van der Waals surface area contributed by atoms with Gasteiger partial charge in [0.15, 0.2) is 0 Å². The van der Waals surface area contributed by atoms with Crippen LogP contribution in [-0.2, 0) is 11.3 Å². The molecule has 0 aliphatic rings. The zero-order valence-electron chi connectivity index (χ0n) is 13.9. The quantitative estimate of drug-likeness (QED) is 0.770. The Bertz CT molecular complexity index is 655. The van der Waals surface area contributed by atoms with Crippen LogP contribution in [0.5, 0.6) is 0 Å². The first kappa shape index (κ1) is 17.0. The summed E-state index contributed by atoms with van der Waals surface area (Å²) >= 11 is 0. The van der Waals surface area contributed by atoms with Crippen LogP contribution in [0.2, 0.25) is 0 Å². The summed E-state index contributed by atoms with van der Waals surface area (Å²) in [6.07, 6.45) is 1.000. The molecule has 2 aromatic carbocycles. The van der Waals surface area contributed by atoms with Crippen molar-refractivity contribution in [2.45, 2.75) is 26.8 Å². The molecule has 23 heavy (non-hydrogen) atoms. The van der Waals surface area contributed by atoms with Gasteiger partial charge >= 0.3 is 0 Å². The maximum atomic E-state index is 12.3. The number of hydrogen-bond donors (Lipinski definition) is 2. The number of nitrogens with zero attached hydrogens (tertiary/aromatic N) is 1. The maximum absolute atomic E-state index is 12.3. The standard InChI is InChI=1S/C19H25N3O/c1-3-11-22(13-16-8-6-9-17(20)12-16)14-19(23)21-18-10-5-4-7-15(18)2/h4-10,12H,3,11,13-14,20H2,1-2H3,(H,21,23). The van der Waals surface area contributed by atoms with Crippen LogP contribution in [-0.4, -0.2) is 23.9 Å². The average molecular weight is 311 g/mol. The molecule has 122 valence electrons. The summed E-state index contributed by atoms with van der Waals surface area (Å²) < 4.78 is 0. The van der Waals surface area contributed by atoms with Gasteiger partial charge in [0, 0.05) is 17.9 Å². The zero-order chi connectivity index (χ0) is 16.7. The second kappa shape index (κ2) is 8.34. The largest absolute Gasteiger partial charge is 0.399 e. The second-order valence-electron chi connectivity index (χ2n) is 5.82. The first-order valence-corrected chi connectivity index (χ1v) is 8.00. The molecule has 0 aliphatic carbocycles. The lowest BCUT2D eigenvalue weighted by molar-refractivity contribution is -0.117. The molecule has 0 unspecified atom stereocenters. The average Bonchev–Trinajstić information content (AvgIpc) is 2.50. The fraction of sp³-hybridized carbons (Fsp3) is 0.316. The van der Waals surface area contributed by atoms with Crippen molar-refractivity contribution in [2.75, 3.05) is 24.1 Å². The van der Waals surface area contributed by atoms with E-state index < -0.39 is 0 Å². The van der Waals surface area contributed by atoms with Crippen molar-refractivity contribution in [1.82, 2.24) is 4.90 Å². The van der Waals surface area contributed by atoms with Gasteiger partial charge in [-0.05, 0) is 49.2 Å². The summed E-state index contributed by atoms with van der Waals surface area (Å²) in [6.45, 7) is 6.07. The molecule has 4 nitrogen and oxygen atoms in total. The van der Waals surface area contributed by atoms with E-state index in [2.05, 4.69) is 17.1 Å². The first-order valence-electron chi connectivity index (χ1n) is 8.00. The van der Waals surface area contributed by atoms with E-state index in [1.807, 2.05) is 55.5 Å². The molecule has 0 saturated carbocycles. The van der Waals surface area contributed by atoms with Crippen molar-refractivity contribution < 1.29 is 4.79 Å². The molecular weight excluding hydrogens is 286 g/mol. The van der Waals surface area contributed by atoms with Crippen molar-refractivity contribution in [1.29, 1.82) is 0 Å². The van der Waals surface area contributed by atoms with Gasteiger partial charge in [0.25, 0.3) is 0 Å². The molecule has 0 saturated heterocycles. The molecule has 0 atom stereocenters. The molecule has 2 rings (SSSR count). The van der Waals surface area contributed by atoms with Crippen molar-refractivity contribution in [2.24, 2.45) is 0 Å². The molecule has 1 amide bonds. The highest BCUT2D eigenvalue weighted by atomic mass is 16.2. The highest BCUT2D eigenvalue weighted by molar-refractivity contribution is 5.92. The van der Waals surface area contributed by atoms with Gasteiger partial charge in [-0.2, -0.15) is 0 Å². The monoisotopic (exact) mass is 311 g/mol. The minimum atomic E-state index is 0.0108. The molecule has 2 aromatic rings. The lowest BCUT2D eigenvalue weighted by atomic mass is 10.2. The number of aryl methyl sites for hydroxylation is 1. The molecule has 4 heteroatoms. The Balaban J connectivity index is 1.98. The normalized spacial score (nSPS) is 10.7. The summed E-state index contributed by atoms with van der Waals surface area (Å²) in [4.78, 5) is 14.5. The van der Waals surface area contributed by atoms with Crippen LogP contribution in [0.3, 0.4) is 0 Å². The number of para-hydroxylation sites is 1. The lowest BCUT2D eigenvalue weighted by Gasteiger charge is -2.21. The number of benzene rings is 2. The van der Waals surface area contributed by atoms with Gasteiger partial charge in [-0.1, -0.05) is 37.3 Å². The third kappa shape index (κ3) is 5.42. The second-order valence-corrected chi connectivity index (χ2v) is 5.82. The van der Waals surface area contributed by atoms with Gasteiger partial charge < -0.3 is 11.1 Å². The Morgan fingerprint density at radius 2 is 1.96 bits per heavy atom. The van der Waals surface area contributed by atoms with E-state index in [9.17, 15) is 4.79 Å². The number of hydrogen-bond acceptors (Lipinski definition) is 3. The Labute approximate surface area is 138 Å². The van der Waals surface area contributed by atoms with Crippen molar-refractivity contribution >= 4 is 17.3 Å². The number of carbonyl (C=O) groups excluding carboxylic acids is 1. The van der Waals surface area contributed by atoms with Crippen LogP contribution in [0.25, 0.3) is 0 Å². The van der Waals surface area contributed by atoms with E-state index in [1.165, 1.54) is 0 Å². The summed E-state index contributed by atoms with van der Waals surface area (Å²) in [5.74, 6) is 0.0108. The van der Waals surface area contributed by atoms with Crippen LogP contribution in [0.4, 0.5) is 11.4 Å². The fourth-order valence-corrected chi connectivity index (χ4v) is 2.59. The zero-order valence-corrected chi connectivity index (χ0v) is 13.9. The molecule has 0 aromatic heterocycles. The highest BCUT2D eigenvalue weighted by Gasteiger charge is 2.12. The Kier molecular flexibility index (Phi) is 6.18. The number of nitrogens with one attached hydrogen (secondary N) is 1. The summed E-state index contributed by atoms with van der Waals surface area (Å²) in [5, 5.41) is 2.99. The van der Waals surface area contributed by atoms with E-state index >= 15 is 0 Å². The Hall–Kier alpha value is -2.33. The number of anilines is 2. The smallest absolute Gasteiger partial charge is 0.238 e. The number of nitrogens with two attached hydrogens (primary N) is 1. The molecule has 0 heterocycles. The predicted octanol–water partition coefficient (Wildman–Crippen LogP) is 3.43. The van der Waals surface area contributed by atoms with Crippen LogP contribution in [0.1, 0.15) is 24.5 Å². The van der Waals surface area contributed by atoms with E-state index in [4.69, 9.17) is 5.73 Å². The van der Waals surface area contributed by atoms with Crippen LogP contribution >= 0.6 is 0 Å². The van der Waals surface area contributed by atoms with Gasteiger partial charge in [-0.25, -0.2) is 0 Å². The summed E-state index contributed by atoms with van der Waals surface area (Å²) in [7, 11) is 0. The van der Waals surface area contributed by atoms with E-state index in [-0.39, 0.29) is 5.91 Å². The SMILES string of the molecule is CCCN(CC(=O)Nc1ccccc1C)Cc1cccc(N)c1. The van der Waals surface area contributed by atoms with Crippen molar-refractivity contribution in [3.63, 3.8) is 0 Å². The Morgan fingerprint density at radius 1 is 1.17 bits per heavy atom. The van der Waals surface area contributed by atoms with Crippen LogP contribution in [0, 0.1) is 6.92 Å². The van der Waals surface area contributed by atoms with Gasteiger partial charge in [-0.3, -0.25) is 9.69 Å². The lowest BCUT2D eigenvalue weighted by Crippen LogP contribution is -2.33. The Morgan fingerprint density at radius 3 is 2.65 bits per heavy atom. The number of amides is 1. The minimum Gasteiger partial charge on any atom is -0.399 e. The third-order valence-corrected chi connectivity index (χ3v) is 3.68. The van der Waals surface area contributed by atoms with Gasteiger partial charge in [0.05, 0.1) is 6.54 Å². The molecule has 0 radical (unpaired) electrons.